The molecule has 6 heteroatoms. The van der Waals surface area contributed by atoms with Crippen LogP contribution in [0.15, 0.2) is 36.7 Å². The fourth-order valence-corrected chi connectivity index (χ4v) is 1.92. The minimum absolute atomic E-state index is 0.0829. The van der Waals surface area contributed by atoms with Gasteiger partial charge in [-0.25, -0.2) is 4.98 Å². The molecule has 1 amide bonds. The molecule has 0 saturated heterocycles. The zero-order valence-electron chi connectivity index (χ0n) is 11.1. The van der Waals surface area contributed by atoms with Gasteiger partial charge in [0.1, 0.15) is 11.0 Å². The Morgan fingerprint density at radius 1 is 1.35 bits per heavy atom. The van der Waals surface area contributed by atoms with Crippen LogP contribution in [-0.4, -0.2) is 29.5 Å². The lowest BCUT2D eigenvalue weighted by Gasteiger charge is -2.07. The maximum atomic E-state index is 11.5. The van der Waals surface area contributed by atoms with E-state index in [9.17, 15) is 4.79 Å². The first-order valence-electron chi connectivity index (χ1n) is 6.21. The maximum absolute atomic E-state index is 11.5. The summed E-state index contributed by atoms with van der Waals surface area (Å²) in [5, 5.41) is 6.11. The van der Waals surface area contributed by atoms with Crippen LogP contribution in [0.4, 0.5) is 5.82 Å². The van der Waals surface area contributed by atoms with Crippen molar-refractivity contribution in [3.05, 3.63) is 52.9 Å². The molecule has 0 bridgehead atoms. The van der Waals surface area contributed by atoms with E-state index in [1.807, 2.05) is 18.2 Å². The number of rotatable bonds is 5. The van der Waals surface area contributed by atoms with Crippen LogP contribution in [0.5, 0.6) is 0 Å². The van der Waals surface area contributed by atoms with E-state index < -0.39 is 0 Å². The Morgan fingerprint density at radius 3 is 2.95 bits per heavy atom. The molecule has 0 radical (unpaired) electrons. The normalized spacial score (nSPS) is 10.1. The van der Waals surface area contributed by atoms with Crippen molar-refractivity contribution in [2.24, 2.45) is 0 Å². The van der Waals surface area contributed by atoms with Crippen molar-refractivity contribution < 1.29 is 4.79 Å². The lowest BCUT2D eigenvalue weighted by Crippen LogP contribution is -2.18. The fourth-order valence-electron chi connectivity index (χ4n) is 1.77. The number of hydrogen-bond acceptors (Lipinski definition) is 4. The molecule has 0 aliphatic heterocycles. The number of benzene rings is 1. The van der Waals surface area contributed by atoms with Crippen molar-refractivity contribution in [3.8, 4) is 0 Å². The Morgan fingerprint density at radius 2 is 2.20 bits per heavy atom. The number of carbonyl (C=O) groups excluding carboxylic acids is 1. The number of nitrogens with zero attached hydrogens (tertiary/aromatic N) is 2. The van der Waals surface area contributed by atoms with Crippen LogP contribution in [0, 0.1) is 0 Å². The van der Waals surface area contributed by atoms with Gasteiger partial charge in [0.15, 0.2) is 0 Å². The van der Waals surface area contributed by atoms with Crippen LogP contribution in [0.3, 0.4) is 0 Å². The molecule has 2 N–H and O–H groups in total. The highest BCUT2D eigenvalue weighted by Gasteiger charge is 2.03. The SMILES string of the molecule is CNC(=O)c1cccc(CCNc2cncc(Cl)n2)c1. The van der Waals surface area contributed by atoms with Crippen molar-refractivity contribution >= 4 is 23.3 Å². The fraction of sp³-hybridized carbons (Fsp3) is 0.214. The van der Waals surface area contributed by atoms with Crippen molar-refractivity contribution in [2.75, 3.05) is 18.9 Å². The van der Waals surface area contributed by atoms with E-state index in [1.165, 1.54) is 6.20 Å². The van der Waals surface area contributed by atoms with Gasteiger partial charge in [0.05, 0.1) is 12.4 Å². The Labute approximate surface area is 122 Å². The van der Waals surface area contributed by atoms with E-state index in [0.29, 0.717) is 23.1 Å². The number of aromatic nitrogens is 2. The lowest BCUT2D eigenvalue weighted by atomic mass is 10.1. The summed E-state index contributed by atoms with van der Waals surface area (Å²) in [5.41, 5.74) is 1.74. The van der Waals surface area contributed by atoms with Gasteiger partial charge in [-0.1, -0.05) is 23.7 Å². The van der Waals surface area contributed by atoms with Crippen LogP contribution >= 0.6 is 11.6 Å². The van der Waals surface area contributed by atoms with Gasteiger partial charge in [-0.05, 0) is 24.1 Å². The van der Waals surface area contributed by atoms with Gasteiger partial charge in [-0.3, -0.25) is 9.78 Å². The maximum Gasteiger partial charge on any atom is 0.251 e. The summed E-state index contributed by atoms with van der Waals surface area (Å²) in [6, 6.07) is 7.53. The number of anilines is 1. The summed E-state index contributed by atoms with van der Waals surface area (Å²) >= 11 is 5.75. The predicted octanol–water partition coefficient (Wildman–Crippen LogP) is 2.14. The van der Waals surface area contributed by atoms with Crippen LogP contribution in [0.1, 0.15) is 15.9 Å². The van der Waals surface area contributed by atoms with Crippen molar-refractivity contribution in [1.29, 1.82) is 0 Å². The number of nitrogens with one attached hydrogen (secondary N) is 2. The van der Waals surface area contributed by atoms with Crippen molar-refractivity contribution in [1.82, 2.24) is 15.3 Å². The Bertz CT molecular complexity index is 603. The Kier molecular flexibility index (Phi) is 4.90. The van der Waals surface area contributed by atoms with Crippen LogP contribution in [0.25, 0.3) is 0 Å². The van der Waals surface area contributed by atoms with Crippen LogP contribution in [-0.2, 0) is 6.42 Å². The second kappa shape index (κ2) is 6.86. The molecule has 1 aromatic carbocycles. The van der Waals surface area contributed by atoms with Gasteiger partial charge < -0.3 is 10.6 Å². The van der Waals surface area contributed by atoms with Crippen LogP contribution in [0.2, 0.25) is 5.15 Å². The van der Waals surface area contributed by atoms with Gasteiger partial charge in [-0.2, -0.15) is 0 Å². The second-order valence-corrected chi connectivity index (χ2v) is 4.57. The molecule has 104 valence electrons. The summed E-state index contributed by atoms with van der Waals surface area (Å²) in [6.45, 7) is 0.687. The third kappa shape index (κ3) is 3.93. The molecule has 0 fully saturated rings. The molecule has 0 unspecified atom stereocenters. The molecule has 2 aromatic rings. The Hall–Kier alpha value is -2.14. The predicted molar refractivity (Wildman–Crippen MR) is 79.1 cm³/mol. The zero-order chi connectivity index (χ0) is 14.4. The summed E-state index contributed by atoms with van der Waals surface area (Å²) in [7, 11) is 1.62. The zero-order valence-corrected chi connectivity index (χ0v) is 11.8. The molecule has 0 spiro atoms. The molecule has 0 atom stereocenters. The van der Waals surface area contributed by atoms with Crippen LogP contribution < -0.4 is 10.6 Å². The van der Waals surface area contributed by atoms with E-state index in [2.05, 4.69) is 20.6 Å². The molecule has 0 aliphatic carbocycles. The van der Waals surface area contributed by atoms with Crippen molar-refractivity contribution in [3.63, 3.8) is 0 Å². The van der Waals surface area contributed by atoms with E-state index in [1.54, 1.807) is 19.3 Å². The van der Waals surface area contributed by atoms with E-state index in [0.717, 1.165) is 12.0 Å². The first-order valence-corrected chi connectivity index (χ1v) is 6.59. The molecule has 2 rings (SSSR count). The second-order valence-electron chi connectivity index (χ2n) is 4.18. The largest absolute Gasteiger partial charge is 0.368 e. The standard InChI is InChI=1S/C14H15ClN4O/c1-16-14(20)11-4-2-3-10(7-11)5-6-18-13-9-17-8-12(15)19-13/h2-4,7-9H,5-6H2,1H3,(H,16,20)(H,18,19). The highest BCUT2D eigenvalue weighted by molar-refractivity contribution is 6.29. The average Bonchev–Trinajstić information content (AvgIpc) is 2.47. The van der Waals surface area contributed by atoms with Gasteiger partial charge in [0, 0.05) is 19.2 Å². The molecular formula is C14H15ClN4O. The third-order valence-electron chi connectivity index (χ3n) is 2.74. The minimum atomic E-state index is -0.0829. The molecule has 20 heavy (non-hydrogen) atoms. The summed E-state index contributed by atoms with van der Waals surface area (Å²) < 4.78 is 0. The van der Waals surface area contributed by atoms with Gasteiger partial charge in [0.25, 0.3) is 5.91 Å². The summed E-state index contributed by atoms with van der Waals surface area (Å²) in [4.78, 5) is 19.6. The smallest absolute Gasteiger partial charge is 0.251 e. The molecule has 0 saturated carbocycles. The van der Waals surface area contributed by atoms with E-state index in [-0.39, 0.29) is 5.91 Å². The minimum Gasteiger partial charge on any atom is -0.368 e. The highest BCUT2D eigenvalue weighted by atomic mass is 35.5. The topological polar surface area (TPSA) is 66.9 Å². The van der Waals surface area contributed by atoms with E-state index in [4.69, 9.17) is 11.6 Å². The first kappa shape index (κ1) is 14.3. The lowest BCUT2D eigenvalue weighted by molar-refractivity contribution is 0.0963. The van der Waals surface area contributed by atoms with Crippen molar-refractivity contribution in [2.45, 2.75) is 6.42 Å². The Balaban J connectivity index is 1.92. The molecule has 1 aromatic heterocycles. The number of halogens is 1. The highest BCUT2D eigenvalue weighted by Crippen LogP contribution is 2.09. The number of carbonyl (C=O) groups is 1. The molecule has 5 nitrogen and oxygen atoms in total. The quantitative estimate of drug-likeness (QED) is 0.885. The number of amides is 1. The monoisotopic (exact) mass is 290 g/mol. The molecule has 1 heterocycles. The van der Waals surface area contributed by atoms with Gasteiger partial charge in [-0.15, -0.1) is 0 Å². The molecular weight excluding hydrogens is 276 g/mol. The number of hydrogen-bond donors (Lipinski definition) is 2. The van der Waals surface area contributed by atoms with Gasteiger partial charge >= 0.3 is 0 Å². The first-order chi connectivity index (χ1) is 9.69. The van der Waals surface area contributed by atoms with Gasteiger partial charge in [0.2, 0.25) is 0 Å². The summed E-state index contributed by atoms with van der Waals surface area (Å²) in [6.07, 6.45) is 3.88. The average molecular weight is 291 g/mol. The van der Waals surface area contributed by atoms with E-state index >= 15 is 0 Å². The third-order valence-corrected chi connectivity index (χ3v) is 2.92. The molecule has 0 aliphatic rings. The summed E-state index contributed by atoms with van der Waals surface area (Å²) in [5.74, 6) is 0.556.